The minimum Gasteiger partial charge on any atom is -0.350 e. The van der Waals surface area contributed by atoms with Crippen molar-refractivity contribution in [1.82, 2.24) is 10.2 Å². The Kier molecular flexibility index (Phi) is 10.5. The van der Waals surface area contributed by atoms with E-state index in [1.165, 1.54) is 4.90 Å². The molecule has 10 heteroatoms. The Morgan fingerprint density at radius 2 is 1.65 bits per heavy atom. The van der Waals surface area contributed by atoms with Crippen molar-refractivity contribution in [1.29, 1.82) is 0 Å². The first kappa shape index (κ1) is 30.9. The molecule has 2 aromatic carbocycles. The van der Waals surface area contributed by atoms with Crippen molar-refractivity contribution >= 4 is 50.7 Å². The van der Waals surface area contributed by atoms with Gasteiger partial charge in [0.05, 0.1) is 22.0 Å². The first-order valence-corrected chi connectivity index (χ1v) is 14.8. The molecule has 0 fully saturated rings. The van der Waals surface area contributed by atoms with E-state index in [0.717, 1.165) is 16.1 Å². The predicted molar refractivity (Wildman–Crippen MR) is 152 cm³/mol. The van der Waals surface area contributed by atoms with Crippen LogP contribution in [0.25, 0.3) is 0 Å². The number of amides is 2. The largest absolute Gasteiger partial charge is 0.350 e. The summed E-state index contributed by atoms with van der Waals surface area (Å²) >= 11 is 12.3. The van der Waals surface area contributed by atoms with Gasteiger partial charge in [0.1, 0.15) is 12.6 Å². The molecule has 0 radical (unpaired) electrons. The fourth-order valence-electron chi connectivity index (χ4n) is 4.00. The van der Waals surface area contributed by atoms with E-state index < -0.39 is 34.1 Å². The van der Waals surface area contributed by atoms with Gasteiger partial charge < -0.3 is 10.2 Å². The van der Waals surface area contributed by atoms with Crippen LogP contribution >= 0.6 is 23.2 Å². The average molecular weight is 571 g/mol. The highest BCUT2D eigenvalue weighted by atomic mass is 35.5. The highest BCUT2D eigenvalue weighted by Crippen LogP contribution is 2.30. The molecule has 0 aromatic heterocycles. The lowest BCUT2D eigenvalue weighted by Crippen LogP contribution is -2.55. The minimum atomic E-state index is -3.82. The van der Waals surface area contributed by atoms with Crippen LogP contribution in [-0.4, -0.2) is 49.5 Å². The molecule has 37 heavy (non-hydrogen) atoms. The van der Waals surface area contributed by atoms with E-state index in [2.05, 4.69) is 5.32 Å². The monoisotopic (exact) mass is 569 g/mol. The number of carbonyl (C=O) groups is 2. The molecule has 204 valence electrons. The molecular formula is C27H37Cl2N3O4S. The normalized spacial score (nSPS) is 12.8. The van der Waals surface area contributed by atoms with Crippen LogP contribution in [0.1, 0.15) is 65.0 Å². The van der Waals surface area contributed by atoms with Gasteiger partial charge in [-0.05, 0) is 62.4 Å². The van der Waals surface area contributed by atoms with Gasteiger partial charge in [-0.3, -0.25) is 13.9 Å². The topological polar surface area (TPSA) is 86.8 Å². The van der Waals surface area contributed by atoms with Gasteiger partial charge >= 0.3 is 0 Å². The number of para-hydroxylation sites is 1. The van der Waals surface area contributed by atoms with E-state index >= 15 is 0 Å². The molecule has 1 atom stereocenters. The second-order valence-electron chi connectivity index (χ2n) is 10.4. The second-order valence-corrected chi connectivity index (χ2v) is 13.1. The quantitative estimate of drug-likeness (QED) is 0.403. The molecule has 2 aromatic rings. The molecule has 0 aliphatic carbocycles. The Morgan fingerprint density at radius 3 is 2.16 bits per heavy atom. The summed E-state index contributed by atoms with van der Waals surface area (Å²) in [6, 6.07) is 11.3. The molecule has 2 amide bonds. The fourth-order valence-corrected chi connectivity index (χ4v) is 5.19. The number of rotatable bonds is 10. The third-order valence-corrected chi connectivity index (χ3v) is 7.59. The number of carbonyl (C=O) groups excluding carboxylic acids is 2. The van der Waals surface area contributed by atoms with Gasteiger partial charge in [-0.2, -0.15) is 0 Å². The third-order valence-electron chi connectivity index (χ3n) is 5.73. The molecule has 0 bridgehead atoms. The summed E-state index contributed by atoms with van der Waals surface area (Å²) in [6.07, 6.45) is 1.40. The fraction of sp³-hybridized carbons (Fsp3) is 0.481. The molecule has 0 spiro atoms. The maximum atomic E-state index is 13.9. The van der Waals surface area contributed by atoms with E-state index in [9.17, 15) is 18.0 Å². The number of nitrogens with one attached hydrogen (secondary N) is 1. The molecule has 7 nitrogen and oxygen atoms in total. The maximum Gasteiger partial charge on any atom is 0.244 e. The van der Waals surface area contributed by atoms with E-state index in [0.29, 0.717) is 27.7 Å². The Hall–Kier alpha value is -2.29. The summed E-state index contributed by atoms with van der Waals surface area (Å²) in [6.45, 7) is 10.9. The van der Waals surface area contributed by atoms with E-state index in [1.807, 2.05) is 53.7 Å². The molecular weight excluding hydrogens is 533 g/mol. The van der Waals surface area contributed by atoms with Crippen molar-refractivity contribution in [3.8, 4) is 0 Å². The van der Waals surface area contributed by atoms with Crippen LogP contribution in [0.2, 0.25) is 10.0 Å². The van der Waals surface area contributed by atoms with Gasteiger partial charge in [-0.1, -0.05) is 68.2 Å². The van der Waals surface area contributed by atoms with Crippen molar-refractivity contribution in [2.24, 2.45) is 0 Å². The van der Waals surface area contributed by atoms with Gasteiger partial charge in [0.25, 0.3) is 0 Å². The molecule has 1 unspecified atom stereocenters. The molecule has 1 N–H and O–H groups in total. The lowest BCUT2D eigenvalue weighted by molar-refractivity contribution is -0.141. The molecule has 0 aliphatic rings. The number of nitrogens with zero attached hydrogens (tertiary/aromatic N) is 2. The highest BCUT2D eigenvalue weighted by molar-refractivity contribution is 7.92. The Labute approximate surface area is 231 Å². The van der Waals surface area contributed by atoms with Crippen molar-refractivity contribution < 1.29 is 18.0 Å². The lowest BCUT2D eigenvalue weighted by Gasteiger charge is -2.35. The lowest BCUT2D eigenvalue weighted by atomic mass is 10.0. The summed E-state index contributed by atoms with van der Waals surface area (Å²) in [5, 5.41) is 3.63. The highest BCUT2D eigenvalue weighted by Gasteiger charge is 2.33. The zero-order valence-electron chi connectivity index (χ0n) is 22.5. The van der Waals surface area contributed by atoms with Crippen molar-refractivity contribution in [3.63, 3.8) is 0 Å². The van der Waals surface area contributed by atoms with Gasteiger partial charge in [0.15, 0.2) is 0 Å². The number of sulfonamides is 1. The Morgan fingerprint density at radius 1 is 1.03 bits per heavy atom. The standard InChI is InChI=1S/C27H37Cl2N3O4S/c1-8-23(26(34)30-27(4,5)6)31(16-19-13-14-21(28)22(29)15-19)25(33)17-32(37(7,35)36)24-12-10-9-11-20(24)18(2)3/h9-15,18,23H,8,16-17H2,1-7H3,(H,30,34). The van der Waals surface area contributed by atoms with Crippen LogP contribution in [0.3, 0.4) is 0 Å². The van der Waals surface area contributed by atoms with Crippen molar-refractivity contribution in [3.05, 3.63) is 63.6 Å². The van der Waals surface area contributed by atoms with Crippen LogP contribution < -0.4 is 9.62 Å². The number of hydrogen-bond donors (Lipinski definition) is 1. The van der Waals surface area contributed by atoms with Crippen LogP contribution in [-0.2, 0) is 26.2 Å². The van der Waals surface area contributed by atoms with Crippen LogP contribution in [0.4, 0.5) is 5.69 Å². The Balaban J connectivity index is 2.55. The van der Waals surface area contributed by atoms with Crippen LogP contribution in [0.5, 0.6) is 0 Å². The van der Waals surface area contributed by atoms with Gasteiger partial charge in [0, 0.05) is 12.1 Å². The first-order valence-electron chi connectivity index (χ1n) is 12.2. The molecule has 0 saturated carbocycles. The molecule has 2 rings (SSSR count). The van der Waals surface area contributed by atoms with Crippen LogP contribution in [0.15, 0.2) is 42.5 Å². The summed E-state index contributed by atoms with van der Waals surface area (Å²) in [7, 11) is -3.82. The smallest absolute Gasteiger partial charge is 0.244 e. The van der Waals surface area contributed by atoms with Gasteiger partial charge in [0.2, 0.25) is 21.8 Å². The number of hydrogen-bond acceptors (Lipinski definition) is 4. The zero-order valence-corrected chi connectivity index (χ0v) is 24.8. The molecule has 0 saturated heterocycles. The van der Waals surface area contributed by atoms with E-state index in [-0.39, 0.29) is 18.4 Å². The minimum absolute atomic E-state index is 0.0313. The number of anilines is 1. The third kappa shape index (κ3) is 8.62. The summed E-state index contributed by atoms with van der Waals surface area (Å²) < 4.78 is 26.9. The summed E-state index contributed by atoms with van der Waals surface area (Å²) in [5.74, 6) is -0.799. The summed E-state index contributed by atoms with van der Waals surface area (Å²) in [4.78, 5) is 28.5. The van der Waals surface area contributed by atoms with E-state index in [1.54, 1.807) is 30.3 Å². The zero-order chi connectivity index (χ0) is 28.1. The van der Waals surface area contributed by atoms with Crippen molar-refractivity contribution in [2.75, 3.05) is 17.1 Å². The first-order chi connectivity index (χ1) is 17.0. The van der Waals surface area contributed by atoms with Gasteiger partial charge in [-0.25, -0.2) is 8.42 Å². The Bertz CT molecular complexity index is 1230. The average Bonchev–Trinajstić information content (AvgIpc) is 2.77. The predicted octanol–water partition coefficient (Wildman–Crippen LogP) is 5.60. The van der Waals surface area contributed by atoms with Crippen molar-refractivity contribution in [2.45, 2.75) is 72.0 Å². The number of benzene rings is 2. The molecule has 0 aliphatic heterocycles. The summed E-state index contributed by atoms with van der Waals surface area (Å²) in [5.41, 5.74) is 1.39. The molecule has 0 heterocycles. The SMILES string of the molecule is CCC(C(=O)NC(C)(C)C)N(Cc1ccc(Cl)c(Cl)c1)C(=O)CN(c1ccccc1C(C)C)S(C)(=O)=O. The maximum absolute atomic E-state index is 13.9. The van der Waals surface area contributed by atoms with E-state index in [4.69, 9.17) is 23.2 Å². The number of halogens is 2. The second kappa shape index (κ2) is 12.5. The van der Waals surface area contributed by atoms with Crippen LogP contribution in [0, 0.1) is 0 Å². The van der Waals surface area contributed by atoms with Gasteiger partial charge in [-0.15, -0.1) is 0 Å².